The molecule has 0 unspecified atom stereocenters. The van der Waals surface area contributed by atoms with Crippen molar-refractivity contribution in [1.82, 2.24) is 34.9 Å². The summed E-state index contributed by atoms with van der Waals surface area (Å²) in [7, 11) is 0. The molecule has 2 atom stereocenters. The second-order valence-electron chi connectivity index (χ2n) is 7.03. The number of aromatic amines is 1. The number of halogens is 3. The molecular formula is C19H17F3N8. The van der Waals surface area contributed by atoms with Crippen LogP contribution in [0.15, 0.2) is 36.9 Å². The largest absolute Gasteiger partial charge is 0.361 e. The second-order valence-corrected chi connectivity index (χ2v) is 7.03. The lowest BCUT2D eigenvalue weighted by Gasteiger charge is -2.28. The Balaban J connectivity index is 1.52. The molecule has 0 aliphatic carbocycles. The van der Waals surface area contributed by atoms with E-state index in [1.165, 1.54) is 12.5 Å². The number of piperidine rings is 1. The predicted molar refractivity (Wildman–Crippen MR) is 104 cm³/mol. The standard InChI is InChI=1S/C19H17F3N8/c20-11-1-3-23-7-14(11)27-19-13(22)6-12(21)17(28-19)15-8-24-16-5-10(2-4-30(15)16)18-25-9-26-29-18/h2,4-6,8-9,11,14,23H,1,3,7H2,(H,27,28)(H,25,26,29)/t11-,14-/m1/s1. The average Bonchev–Trinajstić information content (AvgIpc) is 3.41. The quantitative estimate of drug-likeness (QED) is 0.475. The van der Waals surface area contributed by atoms with Crippen LogP contribution in [0.2, 0.25) is 0 Å². The van der Waals surface area contributed by atoms with Crippen LogP contribution in [0.1, 0.15) is 6.42 Å². The molecule has 1 fully saturated rings. The Labute approximate surface area is 168 Å². The summed E-state index contributed by atoms with van der Waals surface area (Å²) in [5.41, 5.74) is 1.54. The second kappa shape index (κ2) is 7.41. The maximum Gasteiger partial charge on any atom is 0.168 e. The highest BCUT2D eigenvalue weighted by molar-refractivity contribution is 5.67. The first-order valence-corrected chi connectivity index (χ1v) is 9.41. The van der Waals surface area contributed by atoms with E-state index < -0.39 is 23.8 Å². The normalized spacial score (nSPS) is 19.3. The minimum absolute atomic E-state index is 0.0852. The monoisotopic (exact) mass is 414 g/mol. The summed E-state index contributed by atoms with van der Waals surface area (Å²) in [5.74, 6) is -1.34. The summed E-state index contributed by atoms with van der Waals surface area (Å²) in [4.78, 5) is 12.5. The van der Waals surface area contributed by atoms with Crippen LogP contribution in [0.25, 0.3) is 28.4 Å². The van der Waals surface area contributed by atoms with Crippen molar-refractivity contribution >= 4 is 11.5 Å². The Bertz CT molecular complexity index is 1190. The van der Waals surface area contributed by atoms with Gasteiger partial charge in [-0.25, -0.2) is 28.1 Å². The fourth-order valence-electron chi connectivity index (χ4n) is 3.54. The Morgan fingerprint density at radius 2 is 2.07 bits per heavy atom. The third kappa shape index (κ3) is 3.26. The van der Waals surface area contributed by atoms with Gasteiger partial charge < -0.3 is 10.6 Å². The molecule has 1 aliphatic heterocycles. The Morgan fingerprint density at radius 3 is 2.87 bits per heavy atom. The molecule has 5 heterocycles. The summed E-state index contributed by atoms with van der Waals surface area (Å²) >= 11 is 0. The van der Waals surface area contributed by atoms with Crippen LogP contribution in [-0.4, -0.2) is 54.9 Å². The van der Waals surface area contributed by atoms with Crippen molar-refractivity contribution in [2.45, 2.75) is 18.6 Å². The maximum atomic E-state index is 14.6. The SMILES string of the molecule is Fc1cc(F)c(-c2cnc3cc(-c4ncn[nH]4)ccn23)nc1N[C@@H]1CNCC[C@H]1F. The number of rotatable bonds is 4. The van der Waals surface area contributed by atoms with E-state index >= 15 is 0 Å². The summed E-state index contributed by atoms with van der Waals surface area (Å²) in [5, 5.41) is 12.4. The third-order valence-corrected chi connectivity index (χ3v) is 5.09. The van der Waals surface area contributed by atoms with Crippen LogP contribution in [0.4, 0.5) is 19.0 Å². The molecule has 4 aromatic rings. The van der Waals surface area contributed by atoms with Gasteiger partial charge in [0.1, 0.15) is 23.8 Å². The van der Waals surface area contributed by atoms with Crippen LogP contribution >= 0.6 is 0 Å². The minimum Gasteiger partial charge on any atom is -0.361 e. The highest BCUT2D eigenvalue weighted by atomic mass is 19.1. The van der Waals surface area contributed by atoms with Gasteiger partial charge in [0.05, 0.1) is 17.9 Å². The molecular weight excluding hydrogens is 397 g/mol. The number of aromatic nitrogens is 6. The van der Waals surface area contributed by atoms with E-state index in [0.29, 0.717) is 36.7 Å². The minimum atomic E-state index is -1.15. The van der Waals surface area contributed by atoms with Crippen molar-refractivity contribution < 1.29 is 13.2 Å². The van der Waals surface area contributed by atoms with Crippen LogP contribution in [0.5, 0.6) is 0 Å². The van der Waals surface area contributed by atoms with Gasteiger partial charge in [-0.2, -0.15) is 5.10 Å². The van der Waals surface area contributed by atoms with Crippen LogP contribution in [0, 0.1) is 11.6 Å². The van der Waals surface area contributed by atoms with E-state index in [9.17, 15) is 13.2 Å². The molecule has 0 saturated carbocycles. The fourth-order valence-corrected chi connectivity index (χ4v) is 3.54. The van der Waals surface area contributed by atoms with E-state index in [1.54, 1.807) is 22.7 Å². The Kier molecular flexibility index (Phi) is 4.58. The molecule has 11 heteroatoms. The lowest BCUT2D eigenvalue weighted by Crippen LogP contribution is -2.46. The van der Waals surface area contributed by atoms with Crippen molar-refractivity contribution in [2.24, 2.45) is 0 Å². The zero-order chi connectivity index (χ0) is 20.7. The van der Waals surface area contributed by atoms with E-state index in [-0.39, 0.29) is 11.5 Å². The van der Waals surface area contributed by atoms with Crippen LogP contribution in [0.3, 0.4) is 0 Å². The van der Waals surface area contributed by atoms with E-state index in [2.05, 4.69) is 35.8 Å². The molecule has 0 aromatic carbocycles. The summed E-state index contributed by atoms with van der Waals surface area (Å²) < 4.78 is 44.7. The molecule has 0 bridgehead atoms. The smallest absolute Gasteiger partial charge is 0.168 e. The topological polar surface area (TPSA) is 95.8 Å². The lowest BCUT2D eigenvalue weighted by molar-refractivity contribution is 0.240. The number of hydrogen-bond donors (Lipinski definition) is 3. The van der Waals surface area contributed by atoms with Gasteiger partial charge in [0.2, 0.25) is 0 Å². The van der Waals surface area contributed by atoms with Gasteiger partial charge in [-0.3, -0.25) is 9.50 Å². The molecule has 30 heavy (non-hydrogen) atoms. The Hall–Kier alpha value is -3.47. The highest BCUT2D eigenvalue weighted by Crippen LogP contribution is 2.28. The molecule has 5 rings (SSSR count). The van der Waals surface area contributed by atoms with E-state index in [0.717, 1.165) is 11.6 Å². The molecule has 154 valence electrons. The number of nitrogens with one attached hydrogen (secondary N) is 3. The van der Waals surface area contributed by atoms with Crippen LogP contribution < -0.4 is 10.6 Å². The molecule has 1 aliphatic rings. The number of nitrogens with zero attached hydrogens (tertiary/aromatic N) is 5. The third-order valence-electron chi connectivity index (χ3n) is 5.09. The van der Waals surface area contributed by atoms with Gasteiger partial charge in [-0.15, -0.1) is 0 Å². The van der Waals surface area contributed by atoms with E-state index in [1.807, 2.05) is 0 Å². The molecule has 0 spiro atoms. The molecule has 0 radical (unpaired) electrons. The Morgan fingerprint density at radius 1 is 1.17 bits per heavy atom. The van der Waals surface area contributed by atoms with Gasteiger partial charge >= 0.3 is 0 Å². The van der Waals surface area contributed by atoms with Crippen molar-refractivity contribution in [3.05, 3.63) is 48.6 Å². The van der Waals surface area contributed by atoms with Gasteiger partial charge in [-0.1, -0.05) is 0 Å². The number of imidazole rings is 1. The van der Waals surface area contributed by atoms with Crippen molar-refractivity contribution in [3.63, 3.8) is 0 Å². The zero-order valence-corrected chi connectivity index (χ0v) is 15.6. The summed E-state index contributed by atoms with van der Waals surface area (Å²) in [6, 6.07) is 3.62. The number of H-pyrrole nitrogens is 1. The number of alkyl halides is 1. The predicted octanol–water partition coefficient (Wildman–Crippen LogP) is 2.57. The van der Waals surface area contributed by atoms with Crippen LogP contribution in [-0.2, 0) is 0 Å². The van der Waals surface area contributed by atoms with Crippen molar-refractivity contribution in [2.75, 3.05) is 18.4 Å². The molecule has 1 saturated heterocycles. The summed E-state index contributed by atoms with van der Waals surface area (Å²) in [6.07, 6.45) is 3.70. The van der Waals surface area contributed by atoms with E-state index in [4.69, 9.17) is 0 Å². The lowest BCUT2D eigenvalue weighted by atomic mass is 10.1. The van der Waals surface area contributed by atoms with Crippen molar-refractivity contribution in [1.29, 1.82) is 0 Å². The summed E-state index contributed by atoms with van der Waals surface area (Å²) in [6.45, 7) is 0.886. The highest BCUT2D eigenvalue weighted by Gasteiger charge is 2.26. The van der Waals surface area contributed by atoms with Crippen molar-refractivity contribution in [3.8, 4) is 22.8 Å². The molecule has 0 amide bonds. The van der Waals surface area contributed by atoms with Gasteiger partial charge in [-0.05, 0) is 25.1 Å². The molecule has 8 nitrogen and oxygen atoms in total. The number of fused-ring (bicyclic) bond motifs is 1. The first-order chi connectivity index (χ1) is 14.6. The number of hydrogen-bond acceptors (Lipinski definition) is 6. The van der Waals surface area contributed by atoms with Gasteiger partial charge in [0.25, 0.3) is 0 Å². The molecule has 4 aromatic heterocycles. The first kappa shape index (κ1) is 18.6. The molecule has 3 N–H and O–H groups in total. The first-order valence-electron chi connectivity index (χ1n) is 9.41. The average molecular weight is 414 g/mol. The van der Waals surface area contributed by atoms with Gasteiger partial charge in [0, 0.05) is 24.4 Å². The maximum absolute atomic E-state index is 14.6. The number of anilines is 1. The fraction of sp³-hybridized carbons (Fsp3) is 0.263. The number of pyridine rings is 2. The van der Waals surface area contributed by atoms with Gasteiger partial charge in [0.15, 0.2) is 23.3 Å². The zero-order valence-electron chi connectivity index (χ0n) is 15.6.